The highest BCUT2D eigenvalue weighted by atomic mass is 32.2. The van der Waals surface area contributed by atoms with E-state index in [-0.39, 0.29) is 23.1 Å². The van der Waals surface area contributed by atoms with Crippen LogP contribution in [-0.4, -0.2) is 50.7 Å². The second kappa shape index (κ2) is 9.03. The maximum absolute atomic E-state index is 13.4. The first-order chi connectivity index (χ1) is 15.4. The quantitative estimate of drug-likeness (QED) is 0.671. The van der Waals surface area contributed by atoms with E-state index in [1.807, 2.05) is 44.2 Å². The van der Waals surface area contributed by atoms with Crippen LogP contribution >= 0.6 is 0 Å². The van der Waals surface area contributed by atoms with Crippen molar-refractivity contribution in [3.63, 3.8) is 0 Å². The second-order valence-corrected chi connectivity index (χ2v) is 10.2. The van der Waals surface area contributed by atoms with Gasteiger partial charge in [-0.3, -0.25) is 9.59 Å². The first-order valence-corrected chi connectivity index (χ1v) is 12.6. The Morgan fingerprint density at radius 1 is 1.09 bits per heavy atom. The van der Waals surface area contributed by atoms with Crippen LogP contribution in [0.2, 0.25) is 0 Å². The third kappa shape index (κ3) is 4.04. The van der Waals surface area contributed by atoms with E-state index < -0.39 is 15.9 Å². The van der Waals surface area contributed by atoms with Crippen molar-refractivity contribution in [3.05, 3.63) is 54.1 Å². The van der Waals surface area contributed by atoms with Gasteiger partial charge in [0.25, 0.3) is 0 Å². The number of fused-ring (bicyclic) bond motifs is 1. The Balaban J connectivity index is 1.57. The summed E-state index contributed by atoms with van der Waals surface area (Å²) in [7, 11) is -3.55. The molecule has 32 heavy (non-hydrogen) atoms. The van der Waals surface area contributed by atoms with Crippen molar-refractivity contribution in [2.45, 2.75) is 38.0 Å². The number of carbonyl (C=O) groups excluding carboxylic acids is 2. The first kappa shape index (κ1) is 22.5. The number of rotatable bonds is 6. The summed E-state index contributed by atoms with van der Waals surface area (Å²) < 4.78 is 27.3. The molecule has 2 aromatic rings. The van der Waals surface area contributed by atoms with Gasteiger partial charge in [-0.1, -0.05) is 32.0 Å². The molecule has 0 bridgehead atoms. The van der Waals surface area contributed by atoms with Gasteiger partial charge in [-0.25, -0.2) is 8.42 Å². The number of benzene rings is 2. The van der Waals surface area contributed by atoms with Gasteiger partial charge < -0.3 is 9.80 Å². The molecule has 0 N–H and O–H groups in total. The van der Waals surface area contributed by atoms with Crippen LogP contribution in [0.15, 0.2) is 53.4 Å². The van der Waals surface area contributed by atoms with Crippen molar-refractivity contribution < 1.29 is 18.0 Å². The molecule has 2 amide bonds. The smallest absolute Gasteiger partial charge is 0.243 e. The summed E-state index contributed by atoms with van der Waals surface area (Å²) in [5.74, 6) is -0.530. The summed E-state index contributed by atoms with van der Waals surface area (Å²) >= 11 is 0. The third-order valence-corrected chi connectivity index (χ3v) is 8.37. The maximum atomic E-state index is 13.4. The van der Waals surface area contributed by atoms with Crippen molar-refractivity contribution in [2.24, 2.45) is 5.92 Å². The molecule has 0 saturated carbocycles. The number of para-hydroxylation sites is 1. The Bertz CT molecular complexity index is 1110. The third-order valence-electron chi connectivity index (χ3n) is 6.32. The number of hydrogen-bond donors (Lipinski definition) is 0. The molecule has 2 aliphatic heterocycles. The molecule has 4 rings (SSSR count). The molecule has 1 saturated heterocycles. The SMILES string of the molecule is CCN(CC)S(=O)(=O)c1ccc2c(c1)CCCN2C(=O)C1CC(=O)N(c2ccccc2)C1. The highest BCUT2D eigenvalue weighted by molar-refractivity contribution is 7.89. The molecule has 0 spiro atoms. The largest absolute Gasteiger partial charge is 0.312 e. The van der Waals surface area contributed by atoms with Crippen LogP contribution in [0.1, 0.15) is 32.3 Å². The summed E-state index contributed by atoms with van der Waals surface area (Å²) in [6, 6.07) is 14.4. The predicted octanol–water partition coefficient (Wildman–Crippen LogP) is 3.05. The number of sulfonamides is 1. The molecule has 2 heterocycles. The number of hydrogen-bond acceptors (Lipinski definition) is 4. The number of aryl methyl sites for hydroxylation is 1. The fourth-order valence-corrected chi connectivity index (χ4v) is 6.14. The van der Waals surface area contributed by atoms with Crippen molar-refractivity contribution in [1.82, 2.24) is 4.31 Å². The highest BCUT2D eigenvalue weighted by Crippen LogP contribution is 2.33. The Kier molecular flexibility index (Phi) is 6.35. The molecule has 8 heteroatoms. The summed E-state index contributed by atoms with van der Waals surface area (Å²) in [6.07, 6.45) is 1.67. The summed E-state index contributed by atoms with van der Waals surface area (Å²) in [6.45, 7) is 5.40. The summed E-state index contributed by atoms with van der Waals surface area (Å²) in [5, 5.41) is 0. The normalized spacial score (nSPS) is 18.8. The molecule has 0 aliphatic carbocycles. The molecular weight excluding hydrogens is 426 g/mol. The van der Waals surface area contributed by atoms with Crippen molar-refractivity contribution in [3.8, 4) is 0 Å². The van der Waals surface area contributed by atoms with Crippen molar-refractivity contribution >= 4 is 33.2 Å². The van der Waals surface area contributed by atoms with Gasteiger partial charge in [0, 0.05) is 44.0 Å². The van der Waals surface area contributed by atoms with Gasteiger partial charge in [-0.15, -0.1) is 0 Å². The lowest BCUT2D eigenvalue weighted by atomic mass is 9.99. The molecule has 2 aromatic carbocycles. The number of carbonyl (C=O) groups is 2. The number of anilines is 2. The van der Waals surface area contributed by atoms with Crippen LogP contribution in [0.25, 0.3) is 0 Å². The van der Waals surface area contributed by atoms with Crippen molar-refractivity contribution in [2.75, 3.05) is 36.0 Å². The van der Waals surface area contributed by atoms with Crippen molar-refractivity contribution in [1.29, 1.82) is 0 Å². The van der Waals surface area contributed by atoms with Gasteiger partial charge in [0.15, 0.2) is 0 Å². The molecule has 2 aliphatic rings. The number of amides is 2. The lowest BCUT2D eigenvalue weighted by Crippen LogP contribution is -2.40. The van der Waals surface area contributed by atoms with E-state index in [9.17, 15) is 18.0 Å². The summed E-state index contributed by atoms with van der Waals surface area (Å²) in [4.78, 5) is 29.6. The van der Waals surface area contributed by atoms with Gasteiger partial charge in [-0.05, 0) is 48.7 Å². The van der Waals surface area contributed by atoms with Gasteiger partial charge in [0.1, 0.15) is 0 Å². The molecule has 0 radical (unpaired) electrons. The van der Waals surface area contributed by atoms with Crippen LogP contribution in [0.3, 0.4) is 0 Å². The predicted molar refractivity (Wildman–Crippen MR) is 124 cm³/mol. The van der Waals surface area contributed by atoms with E-state index in [1.165, 1.54) is 4.31 Å². The van der Waals surface area contributed by atoms with Gasteiger partial charge in [-0.2, -0.15) is 4.31 Å². The highest BCUT2D eigenvalue weighted by Gasteiger charge is 2.38. The van der Waals surface area contributed by atoms with E-state index >= 15 is 0 Å². The average Bonchev–Trinajstić information content (AvgIpc) is 3.20. The van der Waals surface area contributed by atoms with Gasteiger partial charge in [0.05, 0.1) is 10.8 Å². The van der Waals surface area contributed by atoms with Crippen LogP contribution in [0.5, 0.6) is 0 Å². The van der Waals surface area contributed by atoms with Crippen LogP contribution in [-0.2, 0) is 26.0 Å². The Labute approximate surface area is 189 Å². The molecule has 0 aromatic heterocycles. The standard InChI is InChI=1S/C24H29N3O4S/c1-3-25(4-2)32(30,31)21-12-13-22-18(15-21)9-8-14-26(22)24(29)19-16-23(28)27(17-19)20-10-6-5-7-11-20/h5-7,10-13,15,19H,3-4,8-9,14,16-17H2,1-2H3. The van der Waals surface area contributed by atoms with E-state index in [4.69, 9.17) is 0 Å². The second-order valence-electron chi connectivity index (χ2n) is 8.21. The molecule has 1 atom stereocenters. The first-order valence-electron chi connectivity index (χ1n) is 11.2. The molecular formula is C24H29N3O4S. The maximum Gasteiger partial charge on any atom is 0.243 e. The molecule has 170 valence electrons. The minimum Gasteiger partial charge on any atom is -0.312 e. The average molecular weight is 456 g/mol. The zero-order valence-corrected chi connectivity index (χ0v) is 19.3. The van der Waals surface area contributed by atoms with Crippen LogP contribution < -0.4 is 9.80 Å². The Morgan fingerprint density at radius 2 is 1.81 bits per heavy atom. The van der Waals surface area contributed by atoms with E-state index in [0.717, 1.165) is 29.8 Å². The van der Waals surface area contributed by atoms with E-state index in [0.29, 0.717) is 26.2 Å². The zero-order chi connectivity index (χ0) is 22.9. The fourth-order valence-electron chi connectivity index (χ4n) is 4.63. The van der Waals surface area contributed by atoms with Crippen LogP contribution in [0.4, 0.5) is 11.4 Å². The zero-order valence-electron chi connectivity index (χ0n) is 18.5. The Hall–Kier alpha value is -2.71. The lowest BCUT2D eigenvalue weighted by Gasteiger charge is -2.32. The molecule has 1 fully saturated rings. The summed E-state index contributed by atoms with van der Waals surface area (Å²) in [5.41, 5.74) is 2.42. The van der Waals surface area contributed by atoms with Crippen LogP contribution in [0, 0.1) is 5.92 Å². The number of nitrogens with zero attached hydrogens (tertiary/aromatic N) is 3. The Morgan fingerprint density at radius 3 is 2.50 bits per heavy atom. The molecule has 1 unspecified atom stereocenters. The fraction of sp³-hybridized carbons (Fsp3) is 0.417. The lowest BCUT2D eigenvalue weighted by molar-refractivity contribution is -0.124. The van der Waals surface area contributed by atoms with Gasteiger partial charge >= 0.3 is 0 Å². The monoisotopic (exact) mass is 455 g/mol. The van der Waals surface area contributed by atoms with Gasteiger partial charge in [0.2, 0.25) is 21.8 Å². The van der Waals surface area contributed by atoms with E-state index in [2.05, 4.69) is 0 Å². The molecule has 7 nitrogen and oxygen atoms in total. The van der Waals surface area contributed by atoms with E-state index in [1.54, 1.807) is 28.0 Å². The minimum atomic E-state index is -3.55. The minimum absolute atomic E-state index is 0.0487. The topological polar surface area (TPSA) is 78.0 Å².